The number of fused-ring (bicyclic) bond motifs is 1. The average Bonchev–Trinajstić information content (AvgIpc) is 2.80. The Labute approximate surface area is 194 Å². The third-order valence-electron chi connectivity index (χ3n) is 6.23. The van der Waals surface area contributed by atoms with Crippen LogP contribution in [0.3, 0.4) is 0 Å². The Morgan fingerprint density at radius 3 is 2.53 bits per heavy atom. The number of halogens is 1. The van der Waals surface area contributed by atoms with Gasteiger partial charge in [0, 0.05) is 38.1 Å². The predicted molar refractivity (Wildman–Crippen MR) is 117 cm³/mol. The number of non-ortho nitro benzene ring substituents is 1. The fraction of sp³-hybridized carbons (Fsp3) is 0.348. The Bertz CT molecular complexity index is 1120. The van der Waals surface area contributed by atoms with Crippen molar-refractivity contribution in [3.63, 3.8) is 0 Å². The number of carbonyl (C=O) groups excluding carboxylic acids is 2. The second-order valence-corrected chi connectivity index (χ2v) is 8.32. The molecule has 2 atom stereocenters. The summed E-state index contributed by atoms with van der Waals surface area (Å²) in [6.45, 7) is 0.277. The van der Waals surface area contributed by atoms with E-state index in [1.807, 2.05) is 0 Å². The van der Waals surface area contributed by atoms with Crippen LogP contribution in [0.25, 0.3) is 0 Å². The molecule has 2 aliphatic heterocycles. The largest absolute Gasteiger partial charge is 0.465 e. The summed E-state index contributed by atoms with van der Waals surface area (Å²) in [6, 6.07) is 10.8. The molecular formula is C23H23FN4O6. The van der Waals surface area contributed by atoms with Crippen molar-refractivity contribution >= 4 is 23.6 Å². The number of amides is 3. The van der Waals surface area contributed by atoms with E-state index in [2.05, 4.69) is 0 Å². The van der Waals surface area contributed by atoms with Crippen molar-refractivity contribution in [1.82, 2.24) is 14.7 Å². The minimum Gasteiger partial charge on any atom is -0.465 e. The van der Waals surface area contributed by atoms with Crippen LogP contribution in [0.5, 0.6) is 0 Å². The number of hydrogen-bond donors (Lipinski definition) is 1. The lowest BCUT2D eigenvalue weighted by Gasteiger charge is -2.51. The molecule has 2 heterocycles. The van der Waals surface area contributed by atoms with Crippen LogP contribution in [0.1, 0.15) is 17.5 Å². The van der Waals surface area contributed by atoms with Crippen LogP contribution in [0.4, 0.5) is 14.9 Å². The van der Waals surface area contributed by atoms with Crippen molar-refractivity contribution in [2.24, 2.45) is 0 Å². The van der Waals surface area contributed by atoms with Gasteiger partial charge in [-0.25, -0.2) is 9.18 Å². The molecule has 0 aromatic heterocycles. The van der Waals surface area contributed by atoms with E-state index >= 15 is 0 Å². The van der Waals surface area contributed by atoms with Crippen LogP contribution in [0, 0.1) is 15.9 Å². The van der Waals surface area contributed by atoms with E-state index in [-0.39, 0.29) is 55.8 Å². The average molecular weight is 470 g/mol. The number of nitrogens with zero attached hydrogens (tertiary/aromatic N) is 4. The van der Waals surface area contributed by atoms with Crippen LogP contribution >= 0.6 is 0 Å². The standard InChI is InChI=1S/C23H23FN4O6/c24-17-3-1-2-15(12-17)8-10-25-14-20-26(23(31)32)11-9-21(29)27(20)19(22(25)30)13-16-4-6-18(7-5-16)28(33)34/h1-7,12,19-20H,8-11,13-14H2,(H,31,32)/t19-,20+/m0/s1. The van der Waals surface area contributed by atoms with Crippen LogP contribution in [0.15, 0.2) is 48.5 Å². The highest BCUT2D eigenvalue weighted by molar-refractivity contribution is 5.90. The highest BCUT2D eigenvalue weighted by Gasteiger charge is 2.48. The van der Waals surface area contributed by atoms with Gasteiger partial charge in [-0.2, -0.15) is 0 Å². The normalized spacial score (nSPS) is 20.3. The first-order chi connectivity index (χ1) is 16.2. The lowest BCUT2D eigenvalue weighted by atomic mass is 9.97. The van der Waals surface area contributed by atoms with Crippen molar-refractivity contribution < 1.29 is 28.8 Å². The molecule has 4 rings (SSSR count). The van der Waals surface area contributed by atoms with Crippen LogP contribution in [-0.4, -0.2) is 74.5 Å². The van der Waals surface area contributed by atoms with Crippen LogP contribution in [0.2, 0.25) is 0 Å². The zero-order valence-corrected chi connectivity index (χ0v) is 18.2. The minimum atomic E-state index is -1.18. The molecule has 0 spiro atoms. The van der Waals surface area contributed by atoms with E-state index in [9.17, 15) is 34.0 Å². The third kappa shape index (κ3) is 4.68. The molecular weight excluding hydrogens is 447 g/mol. The van der Waals surface area contributed by atoms with Gasteiger partial charge in [0.25, 0.3) is 5.69 Å². The molecule has 178 valence electrons. The quantitative estimate of drug-likeness (QED) is 0.510. The molecule has 0 saturated carbocycles. The number of nitro benzene ring substituents is 1. The maximum atomic E-state index is 13.6. The Hall–Kier alpha value is -4.02. The van der Waals surface area contributed by atoms with Gasteiger partial charge in [0.1, 0.15) is 18.0 Å². The molecule has 0 unspecified atom stereocenters. The van der Waals surface area contributed by atoms with Crippen molar-refractivity contribution in [3.8, 4) is 0 Å². The summed E-state index contributed by atoms with van der Waals surface area (Å²) in [4.78, 5) is 52.6. The second kappa shape index (κ2) is 9.46. The number of benzene rings is 2. The van der Waals surface area contributed by atoms with E-state index < -0.39 is 23.2 Å². The summed E-state index contributed by atoms with van der Waals surface area (Å²) in [7, 11) is 0. The van der Waals surface area contributed by atoms with Gasteiger partial charge < -0.3 is 14.9 Å². The van der Waals surface area contributed by atoms with Crippen molar-refractivity contribution in [3.05, 3.63) is 75.6 Å². The van der Waals surface area contributed by atoms with Crippen molar-refractivity contribution in [2.45, 2.75) is 31.5 Å². The molecule has 2 aromatic carbocycles. The number of nitro groups is 1. The molecule has 0 radical (unpaired) electrons. The maximum Gasteiger partial charge on any atom is 0.409 e. The van der Waals surface area contributed by atoms with Crippen LogP contribution in [-0.2, 0) is 22.4 Å². The Morgan fingerprint density at radius 1 is 1.15 bits per heavy atom. The third-order valence-corrected chi connectivity index (χ3v) is 6.23. The highest BCUT2D eigenvalue weighted by atomic mass is 19.1. The number of hydrogen-bond acceptors (Lipinski definition) is 5. The molecule has 34 heavy (non-hydrogen) atoms. The molecule has 2 aliphatic rings. The van der Waals surface area contributed by atoms with Gasteiger partial charge in [0.15, 0.2) is 0 Å². The van der Waals surface area contributed by atoms with E-state index in [1.165, 1.54) is 46.2 Å². The second-order valence-electron chi connectivity index (χ2n) is 8.32. The number of carboxylic acid groups (broad SMARTS) is 1. The fourth-order valence-corrected chi connectivity index (χ4v) is 4.54. The van der Waals surface area contributed by atoms with E-state index in [1.54, 1.807) is 12.1 Å². The zero-order valence-electron chi connectivity index (χ0n) is 18.2. The summed E-state index contributed by atoms with van der Waals surface area (Å²) in [5.41, 5.74) is 1.20. The molecule has 2 saturated heterocycles. The van der Waals surface area contributed by atoms with Gasteiger partial charge in [0.05, 0.1) is 11.5 Å². The molecule has 3 amide bonds. The Kier molecular flexibility index (Phi) is 6.44. The van der Waals surface area contributed by atoms with E-state index in [4.69, 9.17) is 0 Å². The topological polar surface area (TPSA) is 124 Å². The van der Waals surface area contributed by atoms with Gasteiger partial charge in [-0.15, -0.1) is 0 Å². The van der Waals surface area contributed by atoms with Gasteiger partial charge in [-0.1, -0.05) is 24.3 Å². The molecule has 2 fully saturated rings. The predicted octanol–water partition coefficient (Wildman–Crippen LogP) is 2.27. The summed E-state index contributed by atoms with van der Waals surface area (Å²) >= 11 is 0. The monoisotopic (exact) mass is 470 g/mol. The van der Waals surface area contributed by atoms with Gasteiger partial charge in [0.2, 0.25) is 11.8 Å². The van der Waals surface area contributed by atoms with Gasteiger partial charge in [-0.05, 0) is 29.7 Å². The fourth-order valence-electron chi connectivity index (χ4n) is 4.54. The summed E-state index contributed by atoms with van der Waals surface area (Å²) < 4.78 is 13.6. The number of rotatable bonds is 6. The Balaban J connectivity index is 1.61. The number of piperazine rings is 1. The first-order valence-corrected chi connectivity index (χ1v) is 10.8. The van der Waals surface area contributed by atoms with E-state index in [0.717, 1.165) is 4.90 Å². The SMILES string of the molecule is O=C1[C@H](Cc2ccc([N+](=O)[O-])cc2)N2C(=O)CCN(C(=O)O)[C@H]2CN1CCc1cccc(F)c1. The first-order valence-electron chi connectivity index (χ1n) is 10.8. The molecule has 10 nitrogen and oxygen atoms in total. The zero-order chi connectivity index (χ0) is 24.4. The molecule has 0 bridgehead atoms. The van der Waals surface area contributed by atoms with Crippen molar-refractivity contribution in [1.29, 1.82) is 0 Å². The smallest absolute Gasteiger partial charge is 0.409 e. The summed E-state index contributed by atoms with van der Waals surface area (Å²) in [6.07, 6.45) is -1.61. The molecule has 1 N–H and O–H groups in total. The van der Waals surface area contributed by atoms with E-state index in [0.29, 0.717) is 17.5 Å². The number of carbonyl (C=O) groups is 3. The Morgan fingerprint density at radius 2 is 1.88 bits per heavy atom. The first kappa shape index (κ1) is 23.1. The lowest BCUT2D eigenvalue weighted by molar-refractivity contribution is -0.384. The molecule has 0 aliphatic carbocycles. The van der Waals surface area contributed by atoms with Crippen LogP contribution < -0.4 is 0 Å². The lowest BCUT2D eigenvalue weighted by Crippen LogP contribution is -2.71. The van der Waals surface area contributed by atoms with Gasteiger partial charge in [-0.3, -0.25) is 24.6 Å². The molecule has 11 heteroatoms. The summed E-state index contributed by atoms with van der Waals surface area (Å²) in [5.74, 6) is -1.04. The van der Waals surface area contributed by atoms with Crippen molar-refractivity contribution in [2.75, 3.05) is 19.6 Å². The summed E-state index contributed by atoms with van der Waals surface area (Å²) in [5, 5.41) is 20.6. The maximum absolute atomic E-state index is 13.6. The van der Waals surface area contributed by atoms with Gasteiger partial charge >= 0.3 is 6.09 Å². The minimum absolute atomic E-state index is 0.0168. The molecule has 2 aromatic rings. The highest BCUT2D eigenvalue weighted by Crippen LogP contribution is 2.28.